The number of pyridine rings is 2. The summed E-state index contributed by atoms with van der Waals surface area (Å²) in [6.07, 6.45) is -0.146. The Labute approximate surface area is 165 Å². The molecule has 0 amide bonds. The highest BCUT2D eigenvalue weighted by molar-refractivity contribution is 9.10. The molecule has 3 aromatic heterocycles. The van der Waals surface area contributed by atoms with E-state index in [2.05, 4.69) is 35.5 Å². The van der Waals surface area contributed by atoms with Crippen molar-refractivity contribution in [2.24, 2.45) is 0 Å². The van der Waals surface area contributed by atoms with E-state index in [1.54, 1.807) is 12.3 Å². The van der Waals surface area contributed by atoms with Crippen LogP contribution < -0.4 is 14.2 Å². The van der Waals surface area contributed by atoms with Gasteiger partial charge in [-0.15, -0.1) is 0 Å². The Balaban J connectivity index is 1.96. The number of sulfonamides is 1. The fourth-order valence-electron chi connectivity index (χ4n) is 2.27. The minimum absolute atomic E-state index is 0.166. The summed E-state index contributed by atoms with van der Waals surface area (Å²) in [6, 6.07) is 3.89. The van der Waals surface area contributed by atoms with Crippen molar-refractivity contribution in [3.63, 3.8) is 0 Å². The molecule has 0 radical (unpaired) electrons. The van der Waals surface area contributed by atoms with E-state index in [9.17, 15) is 21.6 Å². The normalized spacial score (nSPS) is 11.8. The number of hydrogen-bond donors (Lipinski definition) is 1. The predicted octanol–water partition coefficient (Wildman–Crippen LogP) is 3.08. The summed E-state index contributed by atoms with van der Waals surface area (Å²) in [4.78, 5) is 3.43. The van der Waals surface area contributed by atoms with Crippen LogP contribution in [-0.2, 0) is 10.0 Å². The molecule has 0 fully saturated rings. The molecule has 150 valence electrons. The first kappa shape index (κ1) is 20.2. The van der Waals surface area contributed by atoms with Gasteiger partial charge in [0.25, 0.3) is 22.3 Å². The van der Waals surface area contributed by atoms with E-state index in [1.807, 2.05) is 0 Å². The molecule has 0 spiro atoms. The largest absolute Gasteiger partial charge is 0.479 e. The van der Waals surface area contributed by atoms with Gasteiger partial charge in [0.1, 0.15) is 10.6 Å². The second-order valence-electron chi connectivity index (χ2n) is 5.33. The molecule has 0 aliphatic carbocycles. The van der Waals surface area contributed by atoms with Crippen molar-refractivity contribution in [1.82, 2.24) is 14.6 Å². The molecule has 28 heavy (non-hydrogen) atoms. The maximum absolute atomic E-state index is 14.1. The fraction of sp³-hybridized carbons (Fsp3) is 0.200. The van der Waals surface area contributed by atoms with Crippen LogP contribution in [0, 0.1) is 5.82 Å². The summed E-state index contributed by atoms with van der Waals surface area (Å²) in [5.41, 5.74) is -0.0548. The highest BCUT2D eigenvalue weighted by atomic mass is 79.9. The Hall–Kier alpha value is -2.54. The molecule has 0 aromatic carbocycles. The van der Waals surface area contributed by atoms with Crippen LogP contribution >= 0.6 is 15.9 Å². The molecule has 0 aliphatic rings. The molecule has 0 atom stereocenters. The van der Waals surface area contributed by atoms with Crippen LogP contribution in [0.25, 0.3) is 5.52 Å². The smallest absolute Gasteiger partial charge is 0.272 e. The molecular weight excluding hydrogens is 469 g/mol. The summed E-state index contributed by atoms with van der Waals surface area (Å²) >= 11 is 3.25. The van der Waals surface area contributed by atoms with Gasteiger partial charge in [-0.05, 0) is 28.1 Å². The van der Waals surface area contributed by atoms with E-state index in [0.29, 0.717) is 4.47 Å². The van der Waals surface area contributed by atoms with Crippen LogP contribution in [-0.4, -0.2) is 43.2 Å². The third kappa shape index (κ3) is 4.14. The Bertz CT molecular complexity index is 1120. The first-order chi connectivity index (χ1) is 13.2. The molecule has 1 N–H and O–H groups in total. The molecule has 3 aromatic rings. The number of rotatable bonds is 7. The van der Waals surface area contributed by atoms with Gasteiger partial charge in [0.05, 0.1) is 18.8 Å². The van der Waals surface area contributed by atoms with Gasteiger partial charge in [0.15, 0.2) is 12.4 Å². The lowest BCUT2D eigenvalue weighted by Gasteiger charge is -2.13. The standard InChI is InChI=1S/C15H12BrF3N4O4S/c1-26-15-10(4-9(17)14(21-15)27-7-13(18)19)22-28(24,25)12-5-20-23-6-8(16)2-3-11(12)23/h2-6,13,22H,7H2,1H3. The molecule has 0 saturated carbocycles. The number of methoxy groups -OCH3 is 1. The molecule has 13 heteroatoms. The van der Waals surface area contributed by atoms with Crippen LogP contribution in [0.2, 0.25) is 0 Å². The Morgan fingerprint density at radius 1 is 1.32 bits per heavy atom. The maximum Gasteiger partial charge on any atom is 0.272 e. The summed E-state index contributed by atoms with van der Waals surface area (Å²) in [5.74, 6) is -2.22. The summed E-state index contributed by atoms with van der Waals surface area (Å²) < 4.78 is 77.7. The zero-order chi connectivity index (χ0) is 20.5. The number of alkyl halides is 2. The number of nitrogens with zero attached hydrogens (tertiary/aromatic N) is 3. The Morgan fingerprint density at radius 3 is 2.75 bits per heavy atom. The number of aromatic nitrogens is 3. The van der Waals surface area contributed by atoms with Crippen LogP contribution in [0.4, 0.5) is 18.9 Å². The number of nitrogens with one attached hydrogen (secondary N) is 1. The number of ether oxygens (including phenoxy) is 2. The lowest BCUT2D eigenvalue weighted by molar-refractivity contribution is 0.0770. The highest BCUT2D eigenvalue weighted by Crippen LogP contribution is 2.31. The number of hydrogen-bond acceptors (Lipinski definition) is 6. The number of fused-ring (bicyclic) bond motifs is 1. The maximum atomic E-state index is 14.1. The molecule has 0 saturated heterocycles. The Morgan fingerprint density at radius 2 is 2.07 bits per heavy atom. The Kier molecular flexibility index (Phi) is 5.65. The van der Waals surface area contributed by atoms with Gasteiger partial charge in [-0.3, -0.25) is 4.72 Å². The van der Waals surface area contributed by atoms with Crippen molar-refractivity contribution < 1.29 is 31.1 Å². The molecule has 0 bridgehead atoms. The van der Waals surface area contributed by atoms with Crippen LogP contribution in [0.15, 0.2) is 40.0 Å². The topological polar surface area (TPSA) is 94.8 Å². The zero-order valence-corrected chi connectivity index (χ0v) is 16.5. The van der Waals surface area contributed by atoms with Gasteiger partial charge in [-0.25, -0.2) is 26.1 Å². The van der Waals surface area contributed by atoms with E-state index in [4.69, 9.17) is 4.74 Å². The molecule has 0 unspecified atom stereocenters. The van der Waals surface area contributed by atoms with Crippen molar-refractivity contribution in [1.29, 1.82) is 0 Å². The molecule has 3 heterocycles. The molecule has 8 nitrogen and oxygen atoms in total. The summed E-state index contributed by atoms with van der Waals surface area (Å²) in [5, 5.41) is 3.96. The second kappa shape index (κ2) is 7.83. The highest BCUT2D eigenvalue weighted by Gasteiger charge is 2.24. The van der Waals surface area contributed by atoms with E-state index < -0.39 is 34.8 Å². The monoisotopic (exact) mass is 480 g/mol. The van der Waals surface area contributed by atoms with Gasteiger partial charge in [0.2, 0.25) is 5.88 Å². The van der Waals surface area contributed by atoms with Crippen molar-refractivity contribution in [3.05, 3.63) is 40.9 Å². The van der Waals surface area contributed by atoms with Crippen LogP contribution in [0.3, 0.4) is 0 Å². The zero-order valence-electron chi connectivity index (χ0n) is 14.1. The predicted molar refractivity (Wildman–Crippen MR) is 95.9 cm³/mol. The fourth-order valence-corrected chi connectivity index (χ4v) is 3.76. The van der Waals surface area contributed by atoms with Crippen molar-refractivity contribution in [2.45, 2.75) is 11.3 Å². The van der Waals surface area contributed by atoms with Crippen molar-refractivity contribution in [3.8, 4) is 11.8 Å². The third-order valence-electron chi connectivity index (χ3n) is 3.43. The van der Waals surface area contributed by atoms with Gasteiger partial charge in [0, 0.05) is 16.7 Å². The lowest BCUT2D eigenvalue weighted by Crippen LogP contribution is -2.15. The van der Waals surface area contributed by atoms with E-state index >= 15 is 0 Å². The van der Waals surface area contributed by atoms with Crippen molar-refractivity contribution in [2.75, 3.05) is 18.4 Å². The SMILES string of the molecule is COc1nc(OCC(F)F)c(F)cc1NS(=O)(=O)c1cnn2cc(Br)ccc12. The second-order valence-corrected chi connectivity index (χ2v) is 7.89. The average molecular weight is 481 g/mol. The summed E-state index contributed by atoms with van der Waals surface area (Å²) in [7, 11) is -3.04. The minimum atomic E-state index is -4.19. The number of halogens is 4. The average Bonchev–Trinajstić information content (AvgIpc) is 3.04. The van der Waals surface area contributed by atoms with E-state index in [0.717, 1.165) is 19.4 Å². The third-order valence-corrected chi connectivity index (χ3v) is 5.28. The van der Waals surface area contributed by atoms with Gasteiger partial charge >= 0.3 is 0 Å². The lowest BCUT2D eigenvalue weighted by atomic mass is 10.4. The molecule has 3 rings (SSSR count). The first-order valence-electron chi connectivity index (χ1n) is 7.52. The first-order valence-corrected chi connectivity index (χ1v) is 9.80. The van der Waals surface area contributed by atoms with Gasteiger partial charge in [-0.1, -0.05) is 0 Å². The van der Waals surface area contributed by atoms with Crippen LogP contribution in [0.1, 0.15) is 0 Å². The van der Waals surface area contributed by atoms with Gasteiger partial charge < -0.3 is 9.47 Å². The number of anilines is 1. The van der Waals surface area contributed by atoms with Crippen LogP contribution in [0.5, 0.6) is 11.8 Å². The summed E-state index contributed by atoms with van der Waals surface area (Å²) in [6.45, 7) is -1.07. The molecular formula is C15H12BrF3N4O4S. The molecule has 0 aliphatic heterocycles. The van der Waals surface area contributed by atoms with E-state index in [1.165, 1.54) is 10.6 Å². The van der Waals surface area contributed by atoms with Crippen molar-refractivity contribution >= 4 is 37.2 Å². The van der Waals surface area contributed by atoms with E-state index in [-0.39, 0.29) is 22.0 Å². The van der Waals surface area contributed by atoms with Gasteiger partial charge in [-0.2, -0.15) is 10.1 Å². The quantitative estimate of drug-likeness (QED) is 0.558. The minimum Gasteiger partial charge on any atom is -0.479 e.